The van der Waals surface area contributed by atoms with Crippen LogP contribution in [0.15, 0.2) is 29.6 Å². The number of halogens is 1. The average molecular weight is 546 g/mol. The van der Waals surface area contributed by atoms with Crippen LogP contribution in [0.5, 0.6) is 5.75 Å². The Hall–Kier alpha value is -2.89. The SMILES string of the molecule is CC(C)S(=O)(=O)c1nn(C)cc1Nc1nc(Nc2ccc(C3CCNCC3)c3c2O[C@@H](C)C3)ncc1Cl. The second kappa shape index (κ2) is 10.1. The van der Waals surface area contributed by atoms with Crippen molar-refractivity contribution in [1.82, 2.24) is 25.1 Å². The number of benzene rings is 1. The van der Waals surface area contributed by atoms with Crippen molar-refractivity contribution in [3.05, 3.63) is 40.7 Å². The van der Waals surface area contributed by atoms with Crippen molar-refractivity contribution in [3.63, 3.8) is 0 Å². The van der Waals surface area contributed by atoms with Gasteiger partial charge in [0.25, 0.3) is 0 Å². The van der Waals surface area contributed by atoms with Gasteiger partial charge in [0.1, 0.15) is 16.9 Å². The first-order chi connectivity index (χ1) is 17.6. The van der Waals surface area contributed by atoms with Gasteiger partial charge in [-0.2, -0.15) is 10.1 Å². The van der Waals surface area contributed by atoms with Crippen molar-refractivity contribution in [2.24, 2.45) is 7.05 Å². The van der Waals surface area contributed by atoms with E-state index in [1.54, 1.807) is 27.1 Å². The second-order valence-electron chi connectivity index (χ2n) is 9.92. The maximum Gasteiger partial charge on any atom is 0.229 e. The van der Waals surface area contributed by atoms with Gasteiger partial charge < -0.3 is 20.7 Å². The highest BCUT2D eigenvalue weighted by atomic mass is 35.5. The number of aromatic nitrogens is 4. The first-order valence-electron chi connectivity index (χ1n) is 12.5. The zero-order chi connectivity index (χ0) is 26.3. The van der Waals surface area contributed by atoms with E-state index in [0.29, 0.717) is 17.6 Å². The highest BCUT2D eigenvalue weighted by Gasteiger charge is 2.30. The number of nitrogens with one attached hydrogen (secondary N) is 3. The van der Waals surface area contributed by atoms with Crippen LogP contribution in [-0.2, 0) is 23.3 Å². The van der Waals surface area contributed by atoms with Gasteiger partial charge in [0.2, 0.25) is 20.8 Å². The fraction of sp³-hybridized carbons (Fsp3) is 0.480. The zero-order valence-electron chi connectivity index (χ0n) is 21.4. The van der Waals surface area contributed by atoms with E-state index in [2.05, 4.69) is 44.0 Å². The number of nitrogens with zero attached hydrogens (tertiary/aromatic N) is 4. The number of hydrogen-bond donors (Lipinski definition) is 3. The summed E-state index contributed by atoms with van der Waals surface area (Å²) < 4.78 is 33.3. The summed E-state index contributed by atoms with van der Waals surface area (Å²) in [6.45, 7) is 7.37. The number of anilines is 4. The van der Waals surface area contributed by atoms with Crippen LogP contribution in [0.1, 0.15) is 50.7 Å². The Bertz CT molecular complexity index is 1420. The maximum atomic E-state index is 12.8. The number of fused-ring (bicyclic) bond motifs is 1. The molecule has 0 aliphatic carbocycles. The molecule has 1 saturated heterocycles. The second-order valence-corrected chi connectivity index (χ2v) is 12.7. The molecule has 3 N–H and O–H groups in total. The molecule has 5 rings (SSSR count). The van der Waals surface area contributed by atoms with Crippen molar-refractivity contribution >= 4 is 44.6 Å². The molecule has 2 aromatic heterocycles. The summed E-state index contributed by atoms with van der Waals surface area (Å²) >= 11 is 6.38. The van der Waals surface area contributed by atoms with Crippen molar-refractivity contribution in [1.29, 1.82) is 0 Å². The third-order valence-corrected chi connectivity index (χ3v) is 9.17. The molecule has 10 nitrogen and oxygen atoms in total. The third-order valence-electron chi connectivity index (χ3n) is 6.81. The minimum absolute atomic E-state index is 0.0529. The molecule has 0 amide bonds. The van der Waals surface area contributed by atoms with E-state index in [1.165, 1.54) is 22.0 Å². The molecule has 198 valence electrons. The first kappa shape index (κ1) is 25.7. The normalized spacial score (nSPS) is 18.1. The molecule has 1 atom stereocenters. The highest BCUT2D eigenvalue weighted by molar-refractivity contribution is 7.92. The Balaban J connectivity index is 1.44. The lowest BCUT2D eigenvalue weighted by atomic mass is 9.85. The lowest BCUT2D eigenvalue weighted by molar-refractivity contribution is 0.256. The predicted octanol–water partition coefficient (Wildman–Crippen LogP) is 4.32. The summed E-state index contributed by atoms with van der Waals surface area (Å²) in [4.78, 5) is 8.88. The summed E-state index contributed by atoms with van der Waals surface area (Å²) in [5.74, 6) is 1.94. The number of hydrogen-bond acceptors (Lipinski definition) is 9. The van der Waals surface area contributed by atoms with Gasteiger partial charge >= 0.3 is 0 Å². The Morgan fingerprint density at radius 3 is 2.68 bits per heavy atom. The molecule has 0 bridgehead atoms. The molecule has 0 radical (unpaired) electrons. The van der Waals surface area contributed by atoms with E-state index < -0.39 is 15.1 Å². The van der Waals surface area contributed by atoms with Gasteiger partial charge in [-0.1, -0.05) is 17.7 Å². The molecule has 0 saturated carbocycles. The molecule has 1 aromatic carbocycles. The van der Waals surface area contributed by atoms with Crippen LogP contribution in [0, 0.1) is 0 Å². The molecule has 12 heteroatoms. The van der Waals surface area contributed by atoms with Crippen molar-refractivity contribution < 1.29 is 13.2 Å². The summed E-state index contributed by atoms with van der Waals surface area (Å²) in [7, 11) is -1.96. The van der Waals surface area contributed by atoms with Gasteiger partial charge in [0.05, 0.1) is 22.8 Å². The molecular weight excluding hydrogens is 514 g/mol. The van der Waals surface area contributed by atoms with Crippen LogP contribution in [0.4, 0.5) is 23.1 Å². The van der Waals surface area contributed by atoms with Crippen LogP contribution in [0.2, 0.25) is 5.02 Å². The Morgan fingerprint density at radius 1 is 1.19 bits per heavy atom. The Morgan fingerprint density at radius 2 is 1.95 bits per heavy atom. The molecule has 2 aliphatic heterocycles. The van der Waals surface area contributed by atoms with Crippen LogP contribution >= 0.6 is 11.6 Å². The molecule has 1 fully saturated rings. The molecule has 4 heterocycles. The Kier molecular flexibility index (Phi) is 7.03. The zero-order valence-corrected chi connectivity index (χ0v) is 22.9. The minimum Gasteiger partial charge on any atom is -0.488 e. The quantitative estimate of drug-likeness (QED) is 0.398. The monoisotopic (exact) mass is 545 g/mol. The summed E-state index contributed by atoms with van der Waals surface area (Å²) in [5.41, 5.74) is 3.69. The number of piperidine rings is 1. The predicted molar refractivity (Wildman–Crippen MR) is 144 cm³/mol. The molecule has 0 unspecified atom stereocenters. The maximum absolute atomic E-state index is 12.8. The van der Waals surface area contributed by atoms with Crippen LogP contribution < -0.4 is 20.7 Å². The molecular formula is C25H32ClN7O3S. The third kappa shape index (κ3) is 5.12. The summed E-state index contributed by atoms with van der Waals surface area (Å²) in [6, 6.07) is 4.21. The molecule has 37 heavy (non-hydrogen) atoms. The fourth-order valence-corrected chi connectivity index (χ4v) is 6.12. The van der Waals surface area contributed by atoms with E-state index in [0.717, 1.165) is 43.8 Å². The number of rotatable bonds is 7. The molecule has 3 aromatic rings. The van der Waals surface area contributed by atoms with Gasteiger partial charge in [0, 0.05) is 25.2 Å². The number of sulfone groups is 1. The smallest absolute Gasteiger partial charge is 0.229 e. The van der Waals surface area contributed by atoms with Crippen LogP contribution in [-0.4, -0.2) is 52.6 Å². The van der Waals surface area contributed by atoms with Crippen molar-refractivity contribution in [3.8, 4) is 5.75 Å². The van der Waals surface area contributed by atoms with Crippen LogP contribution in [0.3, 0.4) is 0 Å². The standard InChI is InChI=1S/C25H32ClN7O3S/c1-14(2)37(34,35)24-21(13-33(4)32-24)29-23-19(26)12-28-25(31-23)30-20-6-5-17(16-7-9-27-10-8-16)18-11-15(3)36-22(18)20/h5-6,12-16,27H,7-11H2,1-4H3,(H2,28,29,30,31)/t15-/m0/s1. The topological polar surface area (TPSA) is 123 Å². The lowest BCUT2D eigenvalue weighted by Crippen LogP contribution is -2.27. The van der Waals surface area contributed by atoms with Gasteiger partial charge in [-0.25, -0.2) is 13.4 Å². The Labute approximate surface area is 222 Å². The highest BCUT2D eigenvalue weighted by Crippen LogP contribution is 2.43. The van der Waals surface area contributed by atoms with Crippen molar-refractivity contribution in [2.75, 3.05) is 23.7 Å². The number of aryl methyl sites for hydroxylation is 1. The molecule has 2 aliphatic rings. The molecule has 0 spiro atoms. The van der Waals surface area contributed by atoms with Gasteiger partial charge in [-0.3, -0.25) is 4.68 Å². The first-order valence-corrected chi connectivity index (χ1v) is 14.4. The summed E-state index contributed by atoms with van der Waals surface area (Å²) in [6.07, 6.45) is 6.25. The number of ether oxygens (including phenoxy) is 1. The van der Waals surface area contributed by atoms with Crippen molar-refractivity contribution in [2.45, 2.75) is 62.3 Å². The fourth-order valence-electron chi connectivity index (χ4n) is 4.88. The lowest BCUT2D eigenvalue weighted by Gasteiger charge is -2.25. The van der Waals surface area contributed by atoms with E-state index in [4.69, 9.17) is 16.3 Å². The largest absolute Gasteiger partial charge is 0.488 e. The van der Waals surface area contributed by atoms with E-state index in [9.17, 15) is 8.42 Å². The van der Waals surface area contributed by atoms with Gasteiger partial charge in [-0.15, -0.1) is 0 Å². The van der Waals surface area contributed by atoms with E-state index in [1.807, 2.05) is 6.07 Å². The van der Waals surface area contributed by atoms with E-state index >= 15 is 0 Å². The minimum atomic E-state index is -3.62. The van der Waals surface area contributed by atoms with E-state index in [-0.39, 0.29) is 22.0 Å². The van der Waals surface area contributed by atoms with Crippen LogP contribution in [0.25, 0.3) is 0 Å². The van der Waals surface area contributed by atoms with Gasteiger partial charge in [-0.05, 0) is 64.3 Å². The van der Waals surface area contributed by atoms with Gasteiger partial charge in [0.15, 0.2) is 5.82 Å². The summed E-state index contributed by atoms with van der Waals surface area (Å²) in [5, 5.41) is 13.5. The average Bonchev–Trinajstić information content (AvgIpc) is 3.44.